The number of nitrogens with one attached hydrogen (secondary N) is 2. The number of nitrogens with zero attached hydrogens (tertiary/aromatic N) is 2. The van der Waals surface area contributed by atoms with Crippen LogP contribution in [-0.2, 0) is 17.8 Å². The molecule has 0 unspecified atom stereocenters. The molecule has 0 spiro atoms. The molecule has 2 aliphatic heterocycles. The second-order valence-corrected chi connectivity index (χ2v) is 8.96. The Balaban J connectivity index is 1.41. The Morgan fingerprint density at radius 1 is 0.667 bits per heavy atom. The van der Waals surface area contributed by atoms with Gasteiger partial charge in [-0.15, -0.1) is 0 Å². The zero-order valence-corrected chi connectivity index (χ0v) is 19.6. The van der Waals surface area contributed by atoms with Gasteiger partial charge in [0.05, 0.1) is 35.4 Å². The van der Waals surface area contributed by atoms with Crippen molar-refractivity contribution in [1.29, 1.82) is 0 Å². The van der Waals surface area contributed by atoms with Crippen LogP contribution in [0.25, 0.3) is 21.8 Å². The van der Waals surface area contributed by atoms with Crippen molar-refractivity contribution < 1.29 is 13.9 Å². The van der Waals surface area contributed by atoms with Crippen LogP contribution >= 0.6 is 12.2 Å². The summed E-state index contributed by atoms with van der Waals surface area (Å²) in [4.78, 5) is 1.11. The third-order valence-electron chi connectivity index (χ3n) is 6.24. The van der Waals surface area contributed by atoms with Gasteiger partial charge in [0.2, 0.25) is 11.0 Å². The molecular formula is C27H30N4OS+2. The first kappa shape index (κ1) is 21.7. The molecule has 6 heteroatoms. The maximum absolute atomic E-state index is 5.88. The molecule has 0 radical (unpaired) electrons. The third-order valence-corrected chi connectivity index (χ3v) is 6.64. The molecule has 33 heavy (non-hydrogen) atoms. The van der Waals surface area contributed by atoms with E-state index < -0.39 is 0 Å². The lowest BCUT2D eigenvalue weighted by Crippen LogP contribution is -2.37. The second-order valence-electron chi connectivity index (χ2n) is 8.38. The average Bonchev–Trinajstić information content (AvgIpc) is 2.86. The van der Waals surface area contributed by atoms with Gasteiger partial charge in [0.1, 0.15) is 0 Å². The molecule has 0 saturated heterocycles. The number of para-hydroxylation sites is 2. The van der Waals surface area contributed by atoms with E-state index in [-0.39, 0.29) is 0 Å². The van der Waals surface area contributed by atoms with Gasteiger partial charge in [0.15, 0.2) is 25.5 Å². The highest BCUT2D eigenvalue weighted by Crippen LogP contribution is 2.21. The standard InChI is InChI=1S/C27H28N4OS/c33-21-9-15-30-17-11-24(22-5-1-3-7-26(22)30)28-13-19-32-20-14-29-25-12-18-31(16-10-21)27-8-4-2-6-23(25)27/h1-8,11-12,17-18H,9-10,13-16,19-20H2/p+2. The van der Waals surface area contributed by atoms with Crippen molar-refractivity contribution in [2.24, 2.45) is 0 Å². The summed E-state index contributed by atoms with van der Waals surface area (Å²) in [6.07, 6.45) is 6.11. The lowest BCUT2D eigenvalue weighted by atomic mass is 10.1. The van der Waals surface area contributed by atoms with Crippen LogP contribution in [0, 0.1) is 0 Å². The molecule has 4 bridgehead atoms. The van der Waals surface area contributed by atoms with E-state index in [9.17, 15) is 0 Å². The van der Waals surface area contributed by atoms with Gasteiger partial charge < -0.3 is 15.4 Å². The normalized spacial score (nSPS) is 15.9. The van der Waals surface area contributed by atoms with E-state index in [1.165, 1.54) is 21.8 Å². The monoisotopic (exact) mass is 458 g/mol. The molecule has 2 aromatic carbocycles. The van der Waals surface area contributed by atoms with Gasteiger partial charge >= 0.3 is 0 Å². The number of anilines is 2. The average molecular weight is 459 g/mol. The first-order chi connectivity index (χ1) is 16.3. The van der Waals surface area contributed by atoms with Crippen molar-refractivity contribution in [1.82, 2.24) is 0 Å². The number of ether oxygens (including phenoxy) is 1. The Bertz CT molecular complexity index is 1190. The highest BCUT2D eigenvalue weighted by Gasteiger charge is 2.16. The molecule has 0 aliphatic carbocycles. The molecular weight excluding hydrogens is 428 g/mol. The SMILES string of the molecule is S=C1CC[n+]2ccc(c3ccccc32)NCCOCCNc2cc[n+](c3ccccc23)CC1. The number of aryl methyl sites for hydroxylation is 2. The maximum Gasteiger partial charge on any atom is 0.214 e. The zero-order chi connectivity index (χ0) is 22.5. The molecule has 2 aromatic heterocycles. The number of pyridine rings is 2. The molecule has 6 rings (SSSR count). The number of fused-ring (bicyclic) bond motifs is 12. The number of rotatable bonds is 0. The van der Waals surface area contributed by atoms with E-state index in [4.69, 9.17) is 17.0 Å². The van der Waals surface area contributed by atoms with E-state index in [1.807, 2.05) is 0 Å². The molecule has 0 saturated carbocycles. The van der Waals surface area contributed by atoms with Gasteiger partial charge in [0, 0.05) is 55.1 Å². The smallest absolute Gasteiger partial charge is 0.214 e. The number of aromatic nitrogens is 2. The lowest BCUT2D eigenvalue weighted by molar-refractivity contribution is -0.671. The summed E-state index contributed by atoms with van der Waals surface area (Å²) < 4.78 is 10.5. The number of hydrogen-bond donors (Lipinski definition) is 2. The van der Waals surface area contributed by atoms with Gasteiger partial charge in [0.25, 0.3) is 0 Å². The molecule has 0 atom stereocenters. The second kappa shape index (κ2) is 10.2. The summed E-state index contributed by atoms with van der Waals surface area (Å²) in [5, 5.41) is 9.54. The fourth-order valence-electron chi connectivity index (χ4n) is 4.50. The zero-order valence-electron chi connectivity index (χ0n) is 18.8. The maximum atomic E-state index is 5.88. The van der Waals surface area contributed by atoms with Crippen LogP contribution in [0.15, 0.2) is 73.1 Å². The van der Waals surface area contributed by atoms with Crippen molar-refractivity contribution in [3.8, 4) is 0 Å². The van der Waals surface area contributed by atoms with Gasteiger partial charge in [-0.2, -0.15) is 9.13 Å². The number of hydrogen-bond acceptors (Lipinski definition) is 4. The summed E-state index contributed by atoms with van der Waals surface area (Å²) in [7, 11) is 0. The van der Waals surface area contributed by atoms with Gasteiger partial charge in [-0.1, -0.05) is 36.5 Å². The molecule has 2 aliphatic rings. The number of benzene rings is 2. The highest BCUT2D eigenvalue weighted by atomic mass is 32.1. The van der Waals surface area contributed by atoms with Gasteiger partial charge in [-0.3, -0.25) is 0 Å². The molecule has 5 nitrogen and oxygen atoms in total. The summed E-state index contributed by atoms with van der Waals surface area (Å²) in [6.45, 7) is 4.64. The van der Waals surface area contributed by atoms with E-state index >= 15 is 0 Å². The van der Waals surface area contributed by atoms with Crippen molar-refractivity contribution in [3.63, 3.8) is 0 Å². The molecule has 0 amide bonds. The topological polar surface area (TPSA) is 41.1 Å². The van der Waals surface area contributed by atoms with Crippen molar-refractivity contribution in [2.75, 3.05) is 36.9 Å². The first-order valence-corrected chi connectivity index (χ1v) is 12.1. The van der Waals surface area contributed by atoms with Gasteiger partial charge in [-0.25, -0.2) is 0 Å². The predicted octanol–water partition coefficient (Wildman–Crippen LogP) is 4.27. The van der Waals surface area contributed by atoms with E-state index in [0.717, 1.165) is 55.3 Å². The Kier molecular flexibility index (Phi) is 6.74. The van der Waals surface area contributed by atoms with E-state index in [2.05, 4.69) is 92.8 Å². The highest BCUT2D eigenvalue weighted by molar-refractivity contribution is 7.80. The Morgan fingerprint density at radius 3 is 1.67 bits per heavy atom. The van der Waals surface area contributed by atoms with Crippen LogP contribution in [0.1, 0.15) is 12.8 Å². The van der Waals surface area contributed by atoms with Crippen LogP contribution in [-0.4, -0.2) is 31.2 Å². The minimum Gasteiger partial charge on any atom is -0.382 e. The van der Waals surface area contributed by atoms with Crippen LogP contribution in [0.4, 0.5) is 11.4 Å². The summed E-state index contributed by atoms with van der Waals surface area (Å²) in [6, 6.07) is 21.4. The molecule has 168 valence electrons. The quantitative estimate of drug-likeness (QED) is 0.235. The van der Waals surface area contributed by atoms with Crippen LogP contribution < -0.4 is 19.8 Å². The lowest BCUT2D eigenvalue weighted by Gasteiger charge is -2.12. The Hall–Kier alpha value is -3.09. The van der Waals surface area contributed by atoms with Crippen molar-refractivity contribution in [2.45, 2.75) is 25.9 Å². The summed E-state index contributed by atoms with van der Waals surface area (Å²) >= 11 is 5.79. The molecule has 4 heterocycles. The minimum absolute atomic E-state index is 0.661. The summed E-state index contributed by atoms with van der Waals surface area (Å²) in [5.74, 6) is 0. The largest absolute Gasteiger partial charge is 0.382 e. The molecule has 4 aromatic rings. The molecule has 0 fully saturated rings. The first-order valence-electron chi connectivity index (χ1n) is 11.7. The van der Waals surface area contributed by atoms with E-state index in [0.29, 0.717) is 13.2 Å². The molecule has 2 N–H and O–H groups in total. The minimum atomic E-state index is 0.661. The fraction of sp³-hybridized carbons (Fsp3) is 0.296. The van der Waals surface area contributed by atoms with Crippen LogP contribution in [0.2, 0.25) is 0 Å². The number of thiocarbonyl (C=S) groups is 1. The van der Waals surface area contributed by atoms with E-state index in [1.54, 1.807) is 0 Å². The third kappa shape index (κ3) is 4.97. The Labute approximate surface area is 200 Å². The van der Waals surface area contributed by atoms with Crippen LogP contribution in [0.5, 0.6) is 0 Å². The van der Waals surface area contributed by atoms with Crippen molar-refractivity contribution >= 4 is 50.3 Å². The Morgan fingerprint density at radius 2 is 1.15 bits per heavy atom. The van der Waals surface area contributed by atoms with Crippen molar-refractivity contribution in [3.05, 3.63) is 73.1 Å². The van der Waals surface area contributed by atoms with Crippen LogP contribution in [0.3, 0.4) is 0 Å². The summed E-state index contributed by atoms with van der Waals surface area (Å²) in [5.41, 5.74) is 4.73. The predicted molar refractivity (Wildman–Crippen MR) is 138 cm³/mol. The van der Waals surface area contributed by atoms with Gasteiger partial charge in [-0.05, 0) is 12.1 Å². The fourth-order valence-corrected chi connectivity index (χ4v) is 4.69.